The van der Waals surface area contributed by atoms with Crippen LogP contribution in [0.3, 0.4) is 0 Å². The quantitative estimate of drug-likeness (QED) is 0.141. The van der Waals surface area contributed by atoms with Crippen molar-refractivity contribution < 1.29 is 8.42 Å². The highest BCUT2D eigenvalue weighted by Crippen LogP contribution is 2.40. The van der Waals surface area contributed by atoms with Gasteiger partial charge in [-0.3, -0.25) is 4.90 Å². The number of nitrogens with one attached hydrogen (secondary N) is 1. The van der Waals surface area contributed by atoms with E-state index in [1.807, 2.05) is 124 Å². The van der Waals surface area contributed by atoms with Crippen molar-refractivity contribution in [2.45, 2.75) is 25.7 Å². The number of pyridine rings is 1. The summed E-state index contributed by atoms with van der Waals surface area (Å²) in [4.78, 5) is 7.10. The summed E-state index contributed by atoms with van der Waals surface area (Å²) >= 11 is 3.83. The summed E-state index contributed by atoms with van der Waals surface area (Å²) in [5.74, 6) is 0.608. The van der Waals surface area contributed by atoms with Gasteiger partial charge in [0.05, 0.1) is 20.7 Å². The van der Waals surface area contributed by atoms with Crippen molar-refractivity contribution >= 4 is 59.9 Å². The second-order valence-corrected chi connectivity index (χ2v) is 13.3. The Balaban J connectivity index is 1.67. The number of halogens is 1. The Morgan fingerprint density at radius 3 is 1.84 bits per heavy atom. The monoisotopic (exact) mass is 674 g/mol. The Bertz CT molecular complexity index is 2110. The fourth-order valence-corrected chi connectivity index (χ4v) is 6.57. The van der Waals surface area contributed by atoms with Crippen LogP contribution in [-0.2, 0) is 10.0 Å². The zero-order chi connectivity index (χ0) is 31.6. The van der Waals surface area contributed by atoms with Gasteiger partial charge in [-0.25, -0.2) is 4.98 Å². The van der Waals surface area contributed by atoms with Gasteiger partial charge in [0.1, 0.15) is 5.82 Å². The number of nitrogens with zero attached hydrogens (tertiary/aromatic N) is 3. The van der Waals surface area contributed by atoms with Crippen LogP contribution in [0.15, 0.2) is 141 Å². The van der Waals surface area contributed by atoms with Gasteiger partial charge in [-0.05, 0) is 73.1 Å². The van der Waals surface area contributed by atoms with E-state index in [4.69, 9.17) is 4.98 Å². The molecule has 8 heteroatoms. The number of rotatable bonds is 6. The molecule has 6 nitrogen and oxygen atoms in total. The number of aromatic nitrogens is 1. The minimum Gasteiger partial charge on any atom is -0.325 e. The Morgan fingerprint density at radius 1 is 0.689 bits per heavy atom. The van der Waals surface area contributed by atoms with Crippen molar-refractivity contribution in [1.82, 2.24) is 4.98 Å². The number of hydrogen-bond acceptors (Lipinski definition) is 3. The fraction of sp³-hybridized carbons (Fsp3) is 0.0811. The molecule has 5 aromatic carbocycles. The summed E-state index contributed by atoms with van der Waals surface area (Å²) in [6, 6.07) is 40.1. The maximum Gasteiger partial charge on any atom is 0.285 e. The number of sulfonamides is 1. The van der Waals surface area contributed by atoms with Crippen molar-refractivity contribution in [3.63, 3.8) is 0 Å². The molecule has 0 radical (unpaired) electrons. The topological polar surface area (TPSA) is 74.7 Å². The summed E-state index contributed by atoms with van der Waals surface area (Å²) < 4.78 is 33.2. The molecule has 0 atom stereocenters. The molecule has 0 aliphatic rings. The fourth-order valence-electron chi connectivity index (χ4n) is 4.97. The van der Waals surface area contributed by atoms with Crippen LogP contribution in [0.2, 0.25) is 0 Å². The molecule has 0 saturated carbocycles. The number of guanidine groups is 1. The highest BCUT2D eigenvalue weighted by molar-refractivity contribution is 9.10. The molecule has 45 heavy (non-hydrogen) atoms. The first kappa shape index (κ1) is 30.2. The lowest BCUT2D eigenvalue weighted by atomic mass is 10.1. The van der Waals surface area contributed by atoms with E-state index in [1.165, 1.54) is 0 Å². The van der Waals surface area contributed by atoms with Gasteiger partial charge in [-0.1, -0.05) is 108 Å². The predicted molar refractivity (Wildman–Crippen MR) is 189 cm³/mol. The van der Waals surface area contributed by atoms with Gasteiger partial charge in [0.2, 0.25) is 5.96 Å². The SMILES string of the molecule is Cc1ccc(N/C(=N\S(=O)(=O)c2ccc(C)cc2)N(c2ccc(C)cc2)c2nc(-c3ccccc3)c(Br)c3ccccc23)cc1. The van der Waals surface area contributed by atoms with Crippen LogP contribution in [0.1, 0.15) is 16.7 Å². The Labute approximate surface area is 272 Å². The minimum atomic E-state index is -4.15. The average Bonchev–Trinajstić information content (AvgIpc) is 3.04. The van der Waals surface area contributed by atoms with Crippen molar-refractivity contribution in [2.24, 2.45) is 4.40 Å². The molecule has 0 aliphatic heterocycles. The third kappa shape index (κ3) is 6.53. The Morgan fingerprint density at radius 2 is 1.22 bits per heavy atom. The van der Waals surface area contributed by atoms with Gasteiger partial charge < -0.3 is 5.32 Å². The molecule has 0 aliphatic carbocycles. The van der Waals surface area contributed by atoms with Crippen LogP contribution in [-0.4, -0.2) is 19.4 Å². The summed E-state index contributed by atoms with van der Waals surface area (Å²) in [5, 5.41) is 5.08. The van der Waals surface area contributed by atoms with Crippen LogP contribution in [0.5, 0.6) is 0 Å². The predicted octanol–water partition coefficient (Wildman–Crippen LogP) is 9.58. The molecule has 0 fully saturated rings. The highest BCUT2D eigenvalue weighted by atomic mass is 79.9. The second-order valence-electron chi connectivity index (χ2n) is 10.9. The Kier molecular flexibility index (Phi) is 8.52. The van der Waals surface area contributed by atoms with Crippen molar-refractivity contribution in [2.75, 3.05) is 10.2 Å². The lowest BCUT2D eigenvalue weighted by Crippen LogP contribution is -2.34. The zero-order valence-corrected chi connectivity index (χ0v) is 27.5. The van der Waals surface area contributed by atoms with E-state index in [2.05, 4.69) is 25.6 Å². The number of benzene rings is 5. The molecule has 6 aromatic rings. The normalized spacial score (nSPS) is 11.9. The maximum absolute atomic E-state index is 13.9. The first-order valence-corrected chi connectivity index (χ1v) is 16.7. The van der Waals surface area contributed by atoms with Crippen LogP contribution >= 0.6 is 15.9 Å². The summed E-state index contributed by atoms with van der Waals surface area (Å²) in [7, 11) is -4.15. The van der Waals surface area contributed by atoms with Crippen molar-refractivity contribution in [1.29, 1.82) is 0 Å². The summed E-state index contributed by atoms with van der Waals surface area (Å²) in [5.41, 5.74) is 6.10. The van der Waals surface area contributed by atoms with E-state index >= 15 is 0 Å². The molecule has 0 amide bonds. The van der Waals surface area contributed by atoms with Gasteiger partial charge in [-0.2, -0.15) is 8.42 Å². The van der Waals surface area contributed by atoms with E-state index in [-0.39, 0.29) is 10.9 Å². The first-order chi connectivity index (χ1) is 21.7. The highest BCUT2D eigenvalue weighted by Gasteiger charge is 2.26. The third-order valence-electron chi connectivity index (χ3n) is 7.43. The lowest BCUT2D eigenvalue weighted by molar-refractivity contribution is 0.598. The van der Waals surface area contributed by atoms with Gasteiger partial charge in [0, 0.05) is 22.0 Å². The molecular formula is C37H31BrN4O2S. The van der Waals surface area contributed by atoms with Crippen LogP contribution in [0.4, 0.5) is 17.2 Å². The second kappa shape index (κ2) is 12.7. The van der Waals surface area contributed by atoms with E-state index in [0.717, 1.165) is 43.2 Å². The molecule has 224 valence electrons. The van der Waals surface area contributed by atoms with Gasteiger partial charge in [0.15, 0.2) is 0 Å². The Hall–Kier alpha value is -4.79. The minimum absolute atomic E-state index is 0.0854. The number of aryl methyl sites for hydroxylation is 3. The van der Waals surface area contributed by atoms with E-state index < -0.39 is 10.0 Å². The molecular weight excluding hydrogens is 644 g/mol. The molecule has 0 unspecified atom stereocenters. The molecule has 6 rings (SSSR count). The van der Waals surface area contributed by atoms with Crippen LogP contribution in [0.25, 0.3) is 22.0 Å². The lowest BCUT2D eigenvalue weighted by Gasteiger charge is -2.28. The van der Waals surface area contributed by atoms with Gasteiger partial charge in [0.25, 0.3) is 10.0 Å². The molecule has 1 aromatic heterocycles. The van der Waals surface area contributed by atoms with Crippen LogP contribution < -0.4 is 10.2 Å². The van der Waals surface area contributed by atoms with Gasteiger partial charge >= 0.3 is 0 Å². The van der Waals surface area contributed by atoms with Crippen molar-refractivity contribution in [3.05, 3.63) is 149 Å². The van der Waals surface area contributed by atoms with Crippen LogP contribution in [0, 0.1) is 20.8 Å². The van der Waals surface area contributed by atoms with Crippen molar-refractivity contribution in [3.8, 4) is 11.3 Å². The third-order valence-corrected chi connectivity index (χ3v) is 9.51. The average molecular weight is 676 g/mol. The largest absolute Gasteiger partial charge is 0.325 e. The molecule has 1 heterocycles. The number of fused-ring (bicyclic) bond motifs is 1. The molecule has 0 bridgehead atoms. The number of anilines is 3. The zero-order valence-electron chi connectivity index (χ0n) is 25.1. The summed E-state index contributed by atoms with van der Waals surface area (Å²) in [6.45, 7) is 5.93. The smallest absolute Gasteiger partial charge is 0.285 e. The molecule has 0 spiro atoms. The standard InChI is InChI=1S/C37H31BrN4O2S/c1-25-13-19-29(20-14-25)39-37(41-45(43,44)31-23-17-27(3)18-24-31)42(30-21-15-26(2)16-22-30)36-33-12-8-7-11-32(33)34(38)35(40-36)28-9-5-4-6-10-28/h4-24H,1-3H3,(H,39,41). The van der Waals surface area contributed by atoms with E-state index in [0.29, 0.717) is 17.2 Å². The summed E-state index contributed by atoms with van der Waals surface area (Å²) in [6.07, 6.45) is 0. The maximum atomic E-state index is 13.9. The van der Waals surface area contributed by atoms with E-state index in [9.17, 15) is 8.42 Å². The van der Waals surface area contributed by atoms with Gasteiger partial charge in [-0.15, -0.1) is 4.40 Å². The van der Waals surface area contributed by atoms with E-state index in [1.54, 1.807) is 29.2 Å². The molecule has 0 saturated heterocycles. The first-order valence-electron chi connectivity index (χ1n) is 14.5. The molecule has 1 N–H and O–H groups in total. The number of hydrogen-bond donors (Lipinski definition) is 1.